The highest BCUT2D eigenvalue weighted by Gasteiger charge is 2.19. The maximum atomic E-state index is 12.7. The van der Waals surface area contributed by atoms with Gasteiger partial charge < -0.3 is 14.2 Å². The van der Waals surface area contributed by atoms with Crippen LogP contribution in [0.15, 0.2) is 60.8 Å². The zero-order valence-corrected chi connectivity index (χ0v) is 40.9. The van der Waals surface area contributed by atoms with Gasteiger partial charge in [-0.25, -0.2) is 0 Å². The molecule has 1 atom stereocenters. The Morgan fingerprint density at radius 2 is 0.629 bits per heavy atom. The zero-order chi connectivity index (χ0) is 45.1. The molecule has 0 fully saturated rings. The molecule has 0 radical (unpaired) electrons. The van der Waals surface area contributed by atoms with Crippen LogP contribution in [0.4, 0.5) is 0 Å². The van der Waals surface area contributed by atoms with Crippen molar-refractivity contribution in [1.82, 2.24) is 0 Å². The SMILES string of the molecule is CC/C=C\C/C=C\C/C=C\CCCCCC(=O)OC(COC(=O)CCCCCCCCCC)COC(=O)CCCCCCCCCCCCC/C=C\C/C=C\CCCCCCC. The summed E-state index contributed by atoms with van der Waals surface area (Å²) in [5.41, 5.74) is 0. The van der Waals surface area contributed by atoms with Gasteiger partial charge in [0.05, 0.1) is 0 Å². The highest BCUT2D eigenvalue weighted by atomic mass is 16.6. The Morgan fingerprint density at radius 1 is 0.339 bits per heavy atom. The summed E-state index contributed by atoms with van der Waals surface area (Å²) in [7, 11) is 0. The van der Waals surface area contributed by atoms with Gasteiger partial charge in [0.25, 0.3) is 0 Å². The van der Waals surface area contributed by atoms with Crippen LogP contribution in [-0.2, 0) is 28.6 Å². The van der Waals surface area contributed by atoms with E-state index < -0.39 is 6.10 Å². The van der Waals surface area contributed by atoms with Crippen molar-refractivity contribution < 1.29 is 28.6 Å². The van der Waals surface area contributed by atoms with Gasteiger partial charge in [-0.05, 0) is 83.5 Å². The van der Waals surface area contributed by atoms with Crippen molar-refractivity contribution >= 4 is 17.9 Å². The number of esters is 3. The molecular formula is C56H98O6. The minimum atomic E-state index is -0.786. The van der Waals surface area contributed by atoms with Crippen LogP contribution in [0.5, 0.6) is 0 Å². The van der Waals surface area contributed by atoms with E-state index in [1.807, 2.05) is 0 Å². The van der Waals surface area contributed by atoms with Gasteiger partial charge in [0.15, 0.2) is 6.10 Å². The van der Waals surface area contributed by atoms with Gasteiger partial charge in [0.2, 0.25) is 0 Å². The number of unbranched alkanes of at least 4 members (excludes halogenated alkanes) is 26. The second-order valence-corrected chi connectivity index (χ2v) is 17.4. The highest BCUT2D eigenvalue weighted by molar-refractivity contribution is 5.71. The standard InChI is InChI=1S/C56H98O6/c1-4-7-10-13-16-19-21-23-24-25-26-27-28-29-30-31-32-34-35-37-40-43-46-49-55(58)61-52-53(51-60-54(57)48-45-42-39-18-15-12-9-6-3)62-56(59)50-47-44-41-38-36-33-22-20-17-14-11-8-5-2/h8,11,17,20-21,23,25-26,33,36,53H,4-7,9-10,12-16,18-19,22,24,27-32,34-35,37-52H2,1-3H3/b11-8-,20-17-,23-21-,26-25-,36-33-. The highest BCUT2D eigenvalue weighted by Crippen LogP contribution is 2.15. The summed E-state index contributed by atoms with van der Waals surface area (Å²) in [5, 5.41) is 0. The molecule has 358 valence electrons. The van der Waals surface area contributed by atoms with Gasteiger partial charge in [-0.15, -0.1) is 0 Å². The predicted molar refractivity (Wildman–Crippen MR) is 265 cm³/mol. The van der Waals surface area contributed by atoms with Gasteiger partial charge in [0.1, 0.15) is 13.2 Å². The fraction of sp³-hybridized carbons (Fsp3) is 0.768. The molecule has 6 nitrogen and oxygen atoms in total. The normalized spacial score (nSPS) is 12.5. The number of carbonyl (C=O) groups excluding carboxylic acids is 3. The first-order chi connectivity index (χ1) is 30.5. The Morgan fingerprint density at radius 3 is 1.00 bits per heavy atom. The Kier molecular flexibility index (Phi) is 48.4. The van der Waals surface area contributed by atoms with Crippen LogP contribution in [0, 0.1) is 0 Å². The molecule has 0 aliphatic carbocycles. The van der Waals surface area contributed by atoms with E-state index in [9.17, 15) is 14.4 Å². The van der Waals surface area contributed by atoms with Crippen molar-refractivity contribution in [3.05, 3.63) is 60.8 Å². The molecule has 0 aromatic heterocycles. The number of hydrogen-bond acceptors (Lipinski definition) is 6. The van der Waals surface area contributed by atoms with Crippen LogP contribution < -0.4 is 0 Å². The molecule has 0 aliphatic rings. The minimum Gasteiger partial charge on any atom is -0.462 e. The molecule has 62 heavy (non-hydrogen) atoms. The number of hydrogen-bond donors (Lipinski definition) is 0. The van der Waals surface area contributed by atoms with Crippen molar-refractivity contribution in [1.29, 1.82) is 0 Å². The first-order valence-electron chi connectivity index (χ1n) is 26.3. The van der Waals surface area contributed by atoms with Crippen LogP contribution in [0.1, 0.15) is 258 Å². The van der Waals surface area contributed by atoms with E-state index in [0.29, 0.717) is 19.3 Å². The third-order valence-electron chi connectivity index (χ3n) is 11.3. The van der Waals surface area contributed by atoms with Gasteiger partial charge in [-0.2, -0.15) is 0 Å². The summed E-state index contributed by atoms with van der Waals surface area (Å²) in [6.07, 6.45) is 62.3. The van der Waals surface area contributed by atoms with E-state index >= 15 is 0 Å². The molecule has 0 spiro atoms. The number of ether oxygens (including phenoxy) is 3. The quantitative estimate of drug-likeness (QED) is 0.0262. The molecular weight excluding hydrogens is 769 g/mol. The fourth-order valence-electron chi connectivity index (χ4n) is 7.31. The Balaban J connectivity index is 4.22. The zero-order valence-electron chi connectivity index (χ0n) is 40.9. The van der Waals surface area contributed by atoms with Gasteiger partial charge in [-0.1, -0.05) is 216 Å². The molecule has 0 saturated carbocycles. The molecule has 0 amide bonds. The maximum absolute atomic E-state index is 12.7. The first kappa shape index (κ1) is 59.1. The molecule has 0 N–H and O–H groups in total. The van der Waals surface area contributed by atoms with Crippen molar-refractivity contribution in [3.8, 4) is 0 Å². The average molecular weight is 867 g/mol. The monoisotopic (exact) mass is 867 g/mol. The summed E-state index contributed by atoms with van der Waals surface area (Å²) in [6, 6.07) is 0. The number of carbonyl (C=O) groups is 3. The second-order valence-electron chi connectivity index (χ2n) is 17.4. The van der Waals surface area contributed by atoms with Crippen molar-refractivity contribution in [2.24, 2.45) is 0 Å². The third-order valence-corrected chi connectivity index (χ3v) is 11.3. The van der Waals surface area contributed by atoms with Crippen LogP contribution in [0.25, 0.3) is 0 Å². The Bertz CT molecular complexity index is 1130. The lowest BCUT2D eigenvalue weighted by molar-refractivity contribution is -0.167. The summed E-state index contributed by atoms with van der Waals surface area (Å²) in [5.74, 6) is -0.918. The largest absolute Gasteiger partial charge is 0.462 e. The molecule has 0 saturated heterocycles. The lowest BCUT2D eigenvalue weighted by Crippen LogP contribution is -2.30. The maximum Gasteiger partial charge on any atom is 0.306 e. The van der Waals surface area contributed by atoms with Gasteiger partial charge in [0, 0.05) is 19.3 Å². The number of allylic oxidation sites excluding steroid dienone is 10. The van der Waals surface area contributed by atoms with E-state index in [0.717, 1.165) is 89.9 Å². The summed E-state index contributed by atoms with van der Waals surface area (Å²) in [4.78, 5) is 37.8. The summed E-state index contributed by atoms with van der Waals surface area (Å²) < 4.78 is 16.7. The van der Waals surface area contributed by atoms with E-state index in [2.05, 4.69) is 81.5 Å². The Labute approximate surface area is 383 Å². The van der Waals surface area contributed by atoms with Crippen LogP contribution in [0.2, 0.25) is 0 Å². The summed E-state index contributed by atoms with van der Waals surface area (Å²) >= 11 is 0. The van der Waals surface area contributed by atoms with E-state index in [-0.39, 0.29) is 31.1 Å². The summed E-state index contributed by atoms with van der Waals surface area (Å²) in [6.45, 7) is 6.46. The lowest BCUT2D eigenvalue weighted by atomic mass is 10.0. The second kappa shape index (κ2) is 50.8. The fourth-order valence-corrected chi connectivity index (χ4v) is 7.31. The molecule has 0 aromatic rings. The van der Waals surface area contributed by atoms with E-state index in [1.165, 1.54) is 128 Å². The van der Waals surface area contributed by atoms with Crippen molar-refractivity contribution in [2.75, 3.05) is 13.2 Å². The van der Waals surface area contributed by atoms with Crippen LogP contribution in [-0.4, -0.2) is 37.2 Å². The molecule has 0 rings (SSSR count). The van der Waals surface area contributed by atoms with Gasteiger partial charge in [-0.3, -0.25) is 14.4 Å². The molecule has 0 aromatic carbocycles. The smallest absolute Gasteiger partial charge is 0.306 e. The molecule has 0 bridgehead atoms. The first-order valence-corrected chi connectivity index (χ1v) is 26.3. The van der Waals surface area contributed by atoms with Crippen LogP contribution in [0.3, 0.4) is 0 Å². The predicted octanol–water partition coefficient (Wildman–Crippen LogP) is 17.3. The van der Waals surface area contributed by atoms with E-state index in [1.54, 1.807) is 0 Å². The van der Waals surface area contributed by atoms with Crippen molar-refractivity contribution in [3.63, 3.8) is 0 Å². The van der Waals surface area contributed by atoms with E-state index in [4.69, 9.17) is 14.2 Å². The van der Waals surface area contributed by atoms with Crippen molar-refractivity contribution in [2.45, 2.75) is 264 Å². The molecule has 0 heterocycles. The third kappa shape index (κ3) is 48.1. The average Bonchev–Trinajstić information content (AvgIpc) is 3.27. The molecule has 0 aliphatic heterocycles. The lowest BCUT2D eigenvalue weighted by Gasteiger charge is -2.18. The topological polar surface area (TPSA) is 78.9 Å². The Hall–Kier alpha value is -2.89. The van der Waals surface area contributed by atoms with Crippen LogP contribution >= 0.6 is 0 Å². The minimum absolute atomic E-state index is 0.0855. The molecule has 6 heteroatoms. The molecule has 1 unspecified atom stereocenters. The van der Waals surface area contributed by atoms with Gasteiger partial charge >= 0.3 is 17.9 Å². The number of rotatable bonds is 47.